The summed E-state index contributed by atoms with van der Waals surface area (Å²) in [5.74, 6) is 1.11. The molecule has 0 fully saturated rings. The fourth-order valence-electron chi connectivity index (χ4n) is 2.39. The lowest BCUT2D eigenvalue weighted by Crippen LogP contribution is -2.25. The molecule has 124 valence electrons. The van der Waals surface area contributed by atoms with Gasteiger partial charge in [-0.2, -0.15) is 0 Å². The minimum atomic E-state index is 0. The molecule has 1 aromatic heterocycles. The van der Waals surface area contributed by atoms with E-state index < -0.39 is 0 Å². The molecule has 0 bridgehead atoms. The first-order chi connectivity index (χ1) is 10.2. The molecule has 1 aliphatic heterocycles. The van der Waals surface area contributed by atoms with Gasteiger partial charge in [0.15, 0.2) is 5.78 Å². The number of aliphatic hydroxyl groups is 1. The van der Waals surface area contributed by atoms with Crippen LogP contribution in [0.4, 0.5) is 0 Å². The van der Waals surface area contributed by atoms with Crippen LogP contribution in [0.2, 0.25) is 0 Å². The summed E-state index contributed by atoms with van der Waals surface area (Å²) in [5.41, 5.74) is 1.27. The van der Waals surface area contributed by atoms with Crippen LogP contribution in [0.1, 0.15) is 48.7 Å². The van der Waals surface area contributed by atoms with Crippen LogP contribution in [0.15, 0.2) is 28.1 Å². The fraction of sp³-hybridized carbons (Fsp3) is 0.562. The van der Waals surface area contributed by atoms with Gasteiger partial charge in [0.05, 0.1) is 17.3 Å². The quantitative estimate of drug-likeness (QED) is 0.477. The third-order valence-corrected chi connectivity index (χ3v) is 5.91. The van der Waals surface area contributed by atoms with E-state index in [-0.39, 0.29) is 22.8 Å². The molecule has 2 rings (SSSR count). The van der Waals surface area contributed by atoms with Crippen LogP contribution < -0.4 is 0 Å². The van der Waals surface area contributed by atoms with E-state index in [0.29, 0.717) is 13.2 Å². The van der Waals surface area contributed by atoms with Gasteiger partial charge in [-0.1, -0.05) is 18.9 Å². The maximum absolute atomic E-state index is 12.2. The lowest BCUT2D eigenvalue weighted by molar-refractivity contribution is 0.0962. The van der Waals surface area contributed by atoms with E-state index in [1.54, 1.807) is 0 Å². The maximum Gasteiger partial charge on any atom is 0.191 e. The number of carbonyl (C=O) groups is 1. The van der Waals surface area contributed by atoms with Crippen LogP contribution in [0.5, 0.6) is 0 Å². The van der Waals surface area contributed by atoms with Crippen molar-refractivity contribution in [1.82, 2.24) is 4.90 Å². The van der Waals surface area contributed by atoms with Crippen molar-refractivity contribution in [2.75, 3.05) is 19.0 Å². The zero-order valence-electron chi connectivity index (χ0n) is 12.9. The van der Waals surface area contributed by atoms with Crippen LogP contribution >= 0.6 is 40.1 Å². The van der Waals surface area contributed by atoms with Gasteiger partial charge in [0, 0.05) is 17.2 Å². The molecular formula is C16H24BrNO2S2. The van der Waals surface area contributed by atoms with Gasteiger partial charge in [-0.05, 0) is 37.6 Å². The average molecular weight is 406 g/mol. The van der Waals surface area contributed by atoms with Gasteiger partial charge in [0.25, 0.3) is 0 Å². The predicted molar refractivity (Wildman–Crippen MR) is 101 cm³/mol. The molecular weight excluding hydrogens is 382 g/mol. The monoisotopic (exact) mass is 405 g/mol. The van der Waals surface area contributed by atoms with Gasteiger partial charge in [-0.3, -0.25) is 4.79 Å². The highest BCUT2D eigenvalue weighted by Crippen LogP contribution is 2.35. The average Bonchev–Trinajstić information content (AvgIpc) is 3.11. The Bertz CT molecular complexity index is 488. The van der Waals surface area contributed by atoms with Crippen molar-refractivity contribution in [2.45, 2.75) is 39.0 Å². The molecule has 1 aliphatic rings. The zero-order valence-corrected chi connectivity index (χ0v) is 16.3. The van der Waals surface area contributed by atoms with Crippen molar-refractivity contribution in [3.63, 3.8) is 0 Å². The molecule has 0 aliphatic carbocycles. The maximum atomic E-state index is 12.2. The number of carbonyl (C=O) groups excluding carboxylic acids is 1. The second-order valence-electron chi connectivity index (χ2n) is 5.27. The Labute approximate surface area is 151 Å². The van der Waals surface area contributed by atoms with E-state index in [9.17, 15) is 4.79 Å². The number of unbranched alkanes of at least 4 members (excludes halogenated alkanes) is 3. The van der Waals surface area contributed by atoms with E-state index in [1.807, 2.05) is 29.3 Å². The number of halogens is 1. The predicted octanol–water partition coefficient (Wildman–Crippen LogP) is 4.69. The summed E-state index contributed by atoms with van der Waals surface area (Å²) >= 11 is 3.39. The van der Waals surface area contributed by atoms with Crippen molar-refractivity contribution in [3.05, 3.63) is 33.0 Å². The number of hydrogen-bond acceptors (Lipinski definition) is 5. The number of thiophene rings is 1. The number of aliphatic hydroxyl groups excluding tert-OH is 1. The third-order valence-electron chi connectivity index (χ3n) is 3.71. The molecule has 0 atom stereocenters. The fourth-order valence-corrected chi connectivity index (χ4v) is 4.27. The summed E-state index contributed by atoms with van der Waals surface area (Å²) in [6.45, 7) is 2.92. The number of thioether (sulfide) groups is 1. The molecule has 0 aromatic carbocycles. The normalized spacial score (nSPS) is 14.4. The van der Waals surface area contributed by atoms with Crippen LogP contribution in [0.3, 0.4) is 0 Å². The van der Waals surface area contributed by atoms with E-state index >= 15 is 0 Å². The minimum absolute atomic E-state index is 0. The van der Waals surface area contributed by atoms with Crippen LogP contribution in [-0.2, 0) is 0 Å². The van der Waals surface area contributed by atoms with Gasteiger partial charge < -0.3 is 10.0 Å². The highest BCUT2D eigenvalue weighted by atomic mass is 79.9. The molecule has 2 heterocycles. The van der Waals surface area contributed by atoms with Gasteiger partial charge in [-0.15, -0.1) is 40.1 Å². The second-order valence-corrected chi connectivity index (χ2v) is 7.26. The smallest absolute Gasteiger partial charge is 0.191 e. The van der Waals surface area contributed by atoms with Crippen LogP contribution in [0, 0.1) is 0 Å². The molecule has 1 N–H and O–H groups in total. The Morgan fingerprint density at radius 3 is 2.77 bits per heavy atom. The Morgan fingerprint density at radius 2 is 2.09 bits per heavy atom. The SMILES string of the molecule is Br.CC1=C(CCCCCCO)SCN1CC(=O)c1cccs1. The van der Waals surface area contributed by atoms with Gasteiger partial charge >= 0.3 is 0 Å². The van der Waals surface area contributed by atoms with Crippen LogP contribution in [-0.4, -0.2) is 34.8 Å². The summed E-state index contributed by atoms with van der Waals surface area (Å²) in [4.78, 5) is 16.6. The van der Waals surface area contributed by atoms with Crippen LogP contribution in [0.25, 0.3) is 0 Å². The first-order valence-electron chi connectivity index (χ1n) is 7.47. The molecule has 0 unspecified atom stereocenters. The van der Waals surface area contributed by atoms with E-state index in [2.05, 4.69) is 11.8 Å². The molecule has 1 aromatic rings. The standard InChI is InChI=1S/C16H23NO2S2.BrH/c1-13-15(7-4-2-3-5-9-18)21-12-17(13)11-14(19)16-8-6-10-20-16;/h6,8,10,18H,2-5,7,9,11-12H2,1H3;1H. The first kappa shape index (κ1) is 19.7. The highest BCUT2D eigenvalue weighted by molar-refractivity contribution is 8.93. The third kappa shape index (κ3) is 5.72. The number of ketones is 1. The molecule has 22 heavy (non-hydrogen) atoms. The summed E-state index contributed by atoms with van der Waals surface area (Å²) in [6.07, 6.45) is 5.46. The molecule has 0 saturated carbocycles. The molecule has 0 radical (unpaired) electrons. The molecule has 3 nitrogen and oxygen atoms in total. The zero-order chi connectivity index (χ0) is 15.1. The number of hydrogen-bond donors (Lipinski definition) is 1. The minimum Gasteiger partial charge on any atom is -0.396 e. The molecule has 6 heteroatoms. The summed E-state index contributed by atoms with van der Waals surface area (Å²) in [5, 5.41) is 10.7. The van der Waals surface area contributed by atoms with Crippen molar-refractivity contribution < 1.29 is 9.90 Å². The lowest BCUT2D eigenvalue weighted by atomic mass is 10.1. The topological polar surface area (TPSA) is 40.5 Å². The van der Waals surface area contributed by atoms with Crippen molar-refractivity contribution in [2.24, 2.45) is 0 Å². The summed E-state index contributed by atoms with van der Waals surface area (Å²) in [7, 11) is 0. The highest BCUT2D eigenvalue weighted by Gasteiger charge is 2.22. The van der Waals surface area contributed by atoms with E-state index in [1.165, 1.54) is 34.8 Å². The van der Waals surface area contributed by atoms with E-state index in [4.69, 9.17) is 5.11 Å². The lowest BCUT2D eigenvalue weighted by Gasteiger charge is -2.17. The first-order valence-corrected chi connectivity index (χ1v) is 9.34. The summed E-state index contributed by atoms with van der Waals surface area (Å²) in [6, 6.07) is 3.83. The molecule has 0 spiro atoms. The number of allylic oxidation sites excluding steroid dienone is 2. The second kappa shape index (κ2) is 10.5. The van der Waals surface area contributed by atoms with Gasteiger partial charge in [0.2, 0.25) is 0 Å². The van der Waals surface area contributed by atoms with Crippen molar-refractivity contribution >= 4 is 45.9 Å². The Kier molecular flexibility index (Phi) is 9.40. The number of rotatable bonds is 9. The van der Waals surface area contributed by atoms with Gasteiger partial charge in [0.1, 0.15) is 0 Å². The van der Waals surface area contributed by atoms with Crippen molar-refractivity contribution in [1.29, 1.82) is 0 Å². The number of nitrogens with zero attached hydrogens (tertiary/aromatic N) is 1. The Morgan fingerprint density at radius 1 is 1.32 bits per heavy atom. The molecule has 0 amide bonds. The largest absolute Gasteiger partial charge is 0.396 e. The summed E-state index contributed by atoms with van der Waals surface area (Å²) < 4.78 is 0. The van der Waals surface area contributed by atoms with Gasteiger partial charge in [-0.25, -0.2) is 0 Å². The number of Topliss-reactive ketones (excluding diaryl/α,β-unsaturated/α-hetero) is 1. The Hall–Kier alpha value is -0.300. The van der Waals surface area contributed by atoms with Crippen molar-refractivity contribution in [3.8, 4) is 0 Å². The van der Waals surface area contributed by atoms with E-state index in [0.717, 1.165) is 30.0 Å². The molecule has 0 saturated heterocycles. The Balaban J connectivity index is 0.00000242.